The zero-order valence-electron chi connectivity index (χ0n) is 11.1. The Labute approximate surface area is 122 Å². The molecule has 4 bridgehead atoms. The molecule has 20 heavy (non-hydrogen) atoms. The van der Waals surface area contributed by atoms with E-state index in [1.807, 2.05) is 18.2 Å². The van der Waals surface area contributed by atoms with E-state index in [0.29, 0.717) is 4.99 Å². The smallest absolute Gasteiger partial charge is 0.242 e. The second kappa shape index (κ2) is 3.79. The Morgan fingerprint density at radius 2 is 1.90 bits per heavy atom. The van der Waals surface area contributed by atoms with Crippen LogP contribution in [0.3, 0.4) is 0 Å². The summed E-state index contributed by atoms with van der Waals surface area (Å²) in [5, 5.41) is 0. The zero-order valence-corrected chi connectivity index (χ0v) is 11.9. The average Bonchev–Trinajstić information content (AvgIpc) is 3.09. The van der Waals surface area contributed by atoms with E-state index in [0.717, 1.165) is 19.3 Å². The predicted molar refractivity (Wildman–Crippen MR) is 77.7 cm³/mol. The highest BCUT2D eigenvalue weighted by molar-refractivity contribution is 7.80. The highest BCUT2D eigenvalue weighted by Gasteiger charge is 2.77. The molecule has 106 valence electrons. The highest BCUT2D eigenvalue weighted by Crippen LogP contribution is 2.78. The van der Waals surface area contributed by atoms with E-state index in [-0.39, 0.29) is 22.7 Å². The summed E-state index contributed by atoms with van der Waals surface area (Å²) in [6.45, 7) is 0. The minimum absolute atomic E-state index is 0.0230. The molecule has 0 amide bonds. The summed E-state index contributed by atoms with van der Waals surface area (Å²) in [6.07, 6.45) is 0.204. The molecule has 5 atom stereocenters. The number of halogens is 2. The largest absolute Gasteiger partial charge is 0.393 e. The third-order valence-electron chi connectivity index (χ3n) is 6.28. The number of benzene rings is 1. The van der Waals surface area contributed by atoms with Crippen LogP contribution in [0.5, 0.6) is 0 Å². The summed E-state index contributed by atoms with van der Waals surface area (Å²) in [6, 6.07) is 10.1. The first-order valence-corrected chi connectivity index (χ1v) is 7.56. The van der Waals surface area contributed by atoms with E-state index < -0.39 is 12.3 Å². The normalized spacial score (nSPS) is 44.6. The van der Waals surface area contributed by atoms with Gasteiger partial charge in [-0.3, -0.25) is 0 Å². The summed E-state index contributed by atoms with van der Waals surface area (Å²) >= 11 is 5.27. The van der Waals surface area contributed by atoms with Crippen LogP contribution in [0.4, 0.5) is 8.78 Å². The molecule has 2 N–H and O–H groups in total. The Bertz CT molecular complexity index is 575. The molecule has 0 aliphatic heterocycles. The molecular weight excluding hydrogens is 276 g/mol. The van der Waals surface area contributed by atoms with Gasteiger partial charge in [0.15, 0.2) is 0 Å². The molecule has 1 aromatic rings. The molecule has 0 spiro atoms. The molecular formula is C16H17F2NS. The summed E-state index contributed by atoms with van der Waals surface area (Å²) in [7, 11) is 0. The first kappa shape index (κ1) is 12.7. The van der Waals surface area contributed by atoms with Crippen molar-refractivity contribution in [2.24, 2.45) is 28.9 Å². The standard InChI is InChI=1S/C16H17F2NS/c17-13(18)12-10-7-16(14(19)20)8-15(10,6-11(12)16)9-4-2-1-3-5-9/h1-5,10-13H,6-8H2,(H2,19,20). The molecule has 1 aromatic carbocycles. The number of hydrogen-bond acceptors (Lipinski definition) is 1. The topological polar surface area (TPSA) is 26.0 Å². The molecule has 4 fully saturated rings. The molecule has 0 radical (unpaired) electrons. The lowest BCUT2D eigenvalue weighted by Crippen LogP contribution is -2.39. The van der Waals surface area contributed by atoms with Crippen molar-refractivity contribution in [1.29, 1.82) is 0 Å². The van der Waals surface area contributed by atoms with Gasteiger partial charge in [0, 0.05) is 11.3 Å². The van der Waals surface area contributed by atoms with Crippen molar-refractivity contribution in [1.82, 2.24) is 0 Å². The molecule has 5 unspecified atom stereocenters. The van der Waals surface area contributed by atoms with Gasteiger partial charge >= 0.3 is 0 Å². The van der Waals surface area contributed by atoms with Crippen LogP contribution < -0.4 is 5.73 Å². The molecule has 0 saturated heterocycles. The minimum atomic E-state index is -2.26. The Morgan fingerprint density at radius 3 is 2.45 bits per heavy atom. The third kappa shape index (κ3) is 1.24. The Morgan fingerprint density at radius 1 is 1.20 bits per heavy atom. The van der Waals surface area contributed by atoms with Crippen LogP contribution in [0.15, 0.2) is 30.3 Å². The number of hydrogen-bond donors (Lipinski definition) is 1. The fourth-order valence-electron chi connectivity index (χ4n) is 5.66. The van der Waals surface area contributed by atoms with Crippen molar-refractivity contribution in [3.63, 3.8) is 0 Å². The van der Waals surface area contributed by atoms with Crippen LogP contribution in [-0.4, -0.2) is 11.4 Å². The molecule has 5 rings (SSSR count). The van der Waals surface area contributed by atoms with Gasteiger partial charge in [-0.1, -0.05) is 42.5 Å². The Balaban J connectivity index is 1.85. The summed E-state index contributed by atoms with van der Waals surface area (Å²) in [5.74, 6) is -0.507. The highest BCUT2D eigenvalue weighted by atomic mass is 32.1. The average molecular weight is 293 g/mol. The van der Waals surface area contributed by atoms with Crippen LogP contribution in [0.25, 0.3) is 0 Å². The van der Waals surface area contributed by atoms with Gasteiger partial charge in [0.2, 0.25) is 6.43 Å². The van der Waals surface area contributed by atoms with E-state index in [2.05, 4.69) is 12.1 Å². The fourth-order valence-corrected chi connectivity index (χ4v) is 5.97. The van der Waals surface area contributed by atoms with Gasteiger partial charge in [-0.25, -0.2) is 8.78 Å². The van der Waals surface area contributed by atoms with E-state index in [1.165, 1.54) is 5.56 Å². The van der Waals surface area contributed by atoms with Crippen molar-refractivity contribution in [3.8, 4) is 0 Å². The van der Waals surface area contributed by atoms with Crippen molar-refractivity contribution in [2.75, 3.05) is 0 Å². The molecule has 0 aromatic heterocycles. The Hall–Kier alpha value is -1.03. The summed E-state index contributed by atoms with van der Waals surface area (Å²) in [5.41, 5.74) is 6.75. The van der Waals surface area contributed by atoms with Crippen LogP contribution in [-0.2, 0) is 5.41 Å². The number of thiocarbonyl (C=S) groups is 1. The summed E-state index contributed by atoms with van der Waals surface area (Å²) in [4.78, 5) is 0.464. The second-order valence-corrected chi connectivity index (χ2v) is 7.19. The first-order chi connectivity index (χ1) is 9.51. The SMILES string of the molecule is NC(=S)C12CC3C(C(F)F)C1CC3(c1ccccc1)C2. The quantitative estimate of drug-likeness (QED) is 0.863. The maximum atomic E-state index is 13.5. The lowest BCUT2D eigenvalue weighted by molar-refractivity contribution is 0.0312. The number of alkyl halides is 2. The van der Waals surface area contributed by atoms with Gasteiger partial charge in [-0.2, -0.15) is 0 Å². The van der Waals surface area contributed by atoms with Gasteiger partial charge in [-0.05, 0) is 42.1 Å². The minimum Gasteiger partial charge on any atom is -0.393 e. The number of nitrogens with two attached hydrogens (primary N) is 1. The Kier molecular flexibility index (Phi) is 2.40. The van der Waals surface area contributed by atoms with E-state index in [9.17, 15) is 8.78 Å². The second-order valence-electron chi connectivity index (χ2n) is 6.75. The van der Waals surface area contributed by atoms with Gasteiger partial charge in [0.05, 0.1) is 4.99 Å². The van der Waals surface area contributed by atoms with Crippen molar-refractivity contribution < 1.29 is 8.78 Å². The van der Waals surface area contributed by atoms with Gasteiger partial charge < -0.3 is 5.73 Å². The van der Waals surface area contributed by atoms with E-state index >= 15 is 0 Å². The lowest BCUT2D eigenvalue weighted by Gasteiger charge is -2.34. The third-order valence-corrected chi connectivity index (χ3v) is 6.68. The van der Waals surface area contributed by atoms with Crippen LogP contribution >= 0.6 is 12.2 Å². The predicted octanol–water partition coefficient (Wildman–Crippen LogP) is 3.52. The molecule has 4 aliphatic rings. The van der Waals surface area contributed by atoms with Gasteiger partial charge in [0.25, 0.3) is 0 Å². The molecule has 4 saturated carbocycles. The molecule has 1 nitrogen and oxygen atoms in total. The van der Waals surface area contributed by atoms with Crippen molar-refractivity contribution in [2.45, 2.75) is 31.1 Å². The maximum absolute atomic E-state index is 13.5. The molecule has 4 heteroatoms. The summed E-state index contributed by atoms with van der Waals surface area (Å²) < 4.78 is 27.0. The maximum Gasteiger partial charge on any atom is 0.242 e. The molecule has 0 heterocycles. The van der Waals surface area contributed by atoms with Gasteiger partial charge in [0.1, 0.15) is 0 Å². The fraction of sp³-hybridized carbons (Fsp3) is 0.562. The van der Waals surface area contributed by atoms with Crippen LogP contribution in [0.2, 0.25) is 0 Å². The van der Waals surface area contributed by atoms with Crippen LogP contribution in [0.1, 0.15) is 24.8 Å². The zero-order chi connectivity index (χ0) is 14.1. The van der Waals surface area contributed by atoms with Crippen LogP contribution in [0, 0.1) is 23.2 Å². The first-order valence-electron chi connectivity index (χ1n) is 7.15. The van der Waals surface area contributed by atoms with E-state index in [4.69, 9.17) is 18.0 Å². The monoisotopic (exact) mass is 293 g/mol. The molecule has 4 aliphatic carbocycles. The van der Waals surface area contributed by atoms with E-state index in [1.54, 1.807) is 0 Å². The van der Waals surface area contributed by atoms with Crippen molar-refractivity contribution >= 4 is 17.2 Å². The lowest BCUT2D eigenvalue weighted by atomic mass is 9.71. The van der Waals surface area contributed by atoms with Crippen molar-refractivity contribution in [3.05, 3.63) is 35.9 Å². The number of rotatable bonds is 3. The van der Waals surface area contributed by atoms with Gasteiger partial charge in [-0.15, -0.1) is 0 Å².